The smallest absolute Gasteiger partial charge is 0.161 e. The number of benzene rings is 1. The van der Waals surface area contributed by atoms with E-state index in [0.29, 0.717) is 11.3 Å². The summed E-state index contributed by atoms with van der Waals surface area (Å²) in [6.07, 6.45) is 3.50. The number of nitrogen functional groups attached to an aromatic ring is 1. The van der Waals surface area contributed by atoms with Crippen LogP contribution in [0, 0.1) is 11.2 Å². The van der Waals surface area contributed by atoms with E-state index in [1.54, 1.807) is 12.1 Å². The molecule has 116 valence electrons. The molecule has 0 atom stereocenters. The van der Waals surface area contributed by atoms with Gasteiger partial charge in [0.2, 0.25) is 0 Å². The van der Waals surface area contributed by atoms with Gasteiger partial charge in [-0.05, 0) is 61.4 Å². The number of likely N-dealkylation sites (N-methyl/N-ethyl adjacent to an activating group) is 2. The van der Waals surface area contributed by atoms with E-state index >= 15 is 0 Å². The fourth-order valence-electron chi connectivity index (χ4n) is 2.90. The summed E-state index contributed by atoms with van der Waals surface area (Å²) in [5, 5.41) is 7.45. The zero-order chi connectivity index (χ0) is 15.8. The van der Waals surface area contributed by atoms with Gasteiger partial charge in [0.1, 0.15) is 5.84 Å². The molecule has 0 radical (unpaired) electrons. The maximum atomic E-state index is 14.5. The molecule has 0 heterocycles. The molecule has 1 aromatic carbocycles. The number of nitrogens with zero attached hydrogens (tertiary/aromatic N) is 2. The highest BCUT2D eigenvalue weighted by molar-refractivity contribution is 9.10. The van der Waals surface area contributed by atoms with Crippen molar-refractivity contribution >= 4 is 27.5 Å². The van der Waals surface area contributed by atoms with Crippen LogP contribution in [0.15, 0.2) is 16.6 Å². The Labute approximate surface area is 133 Å². The van der Waals surface area contributed by atoms with Crippen LogP contribution in [0.2, 0.25) is 0 Å². The van der Waals surface area contributed by atoms with Crippen LogP contribution in [0.4, 0.5) is 10.1 Å². The van der Waals surface area contributed by atoms with Crippen molar-refractivity contribution in [3.63, 3.8) is 0 Å². The number of anilines is 1. The van der Waals surface area contributed by atoms with Crippen LogP contribution in [-0.4, -0.2) is 44.0 Å². The lowest BCUT2D eigenvalue weighted by atomic mass is 9.75. The van der Waals surface area contributed by atoms with E-state index in [1.807, 2.05) is 11.9 Å². The van der Waals surface area contributed by atoms with Crippen LogP contribution in [-0.2, 0) is 0 Å². The zero-order valence-corrected chi connectivity index (χ0v) is 14.3. The van der Waals surface area contributed by atoms with E-state index in [4.69, 9.17) is 11.1 Å². The quantitative estimate of drug-likeness (QED) is 0.629. The minimum Gasteiger partial charge on any atom is -0.384 e. The fraction of sp³-hybridized carbons (Fsp3) is 0.533. The van der Waals surface area contributed by atoms with Crippen LogP contribution in [0.3, 0.4) is 0 Å². The van der Waals surface area contributed by atoms with E-state index in [1.165, 1.54) is 6.42 Å². The molecule has 4 nitrogen and oxygen atoms in total. The molecule has 0 aliphatic heterocycles. The van der Waals surface area contributed by atoms with Gasteiger partial charge in [-0.3, -0.25) is 5.41 Å². The molecule has 3 N–H and O–H groups in total. The summed E-state index contributed by atoms with van der Waals surface area (Å²) in [5.41, 5.74) is 6.49. The number of nitrogens with two attached hydrogens (primary N) is 1. The normalized spacial score (nSPS) is 16.7. The lowest BCUT2D eigenvalue weighted by Crippen LogP contribution is -2.56. The molecule has 0 spiro atoms. The van der Waals surface area contributed by atoms with Crippen LogP contribution in [0.25, 0.3) is 0 Å². The van der Waals surface area contributed by atoms with Gasteiger partial charge >= 0.3 is 0 Å². The van der Waals surface area contributed by atoms with Crippen molar-refractivity contribution in [1.82, 2.24) is 4.90 Å². The predicted molar refractivity (Wildman–Crippen MR) is 88.7 cm³/mol. The van der Waals surface area contributed by atoms with Crippen LogP contribution in [0.1, 0.15) is 24.8 Å². The van der Waals surface area contributed by atoms with Gasteiger partial charge in [-0.25, -0.2) is 4.39 Å². The number of hydrogen-bond donors (Lipinski definition) is 2. The van der Waals surface area contributed by atoms with E-state index in [2.05, 4.69) is 34.9 Å². The van der Waals surface area contributed by atoms with E-state index in [-0.39, 0.29) is 21.7 Å². The third-order valence-electron chi connectivity index (χ3n) is 4.53. The number of nitrogens with one attached hydrogen (secondary N) is 1. The Morgan fingerprint density at radius 3 is 2.43 bits per heavy atom. The minimum absolute atomic E-state index is 0.132. The average molecular weight is 357 g/mol. The van der Waals surface area contributed by atoms with Gasteiger partial charge in [0, 0.05) is 24.7 Å². The number of halogens is 2. The molecule has 0 amide bonds. The molecule has 0 bridgehead atoms. The Morgan fingerprint density at radius 1 is 1.38 bits per heavy atom. The first-order valence-corrected chi connectivity index (χ1v) is 7.79. The Kier molecular flexibility index (Phi) is 4.58. The first-order chi connectivity index (χ1) is 9.78. The molecular formula is C15H22BrFN4. The van der Waals surface area contributed by atoms with E-state index < -0.39 is 0 Å². The van der Waals surface area contributed by atoms with Crippen molar-refractivity contribution < 1.29 is 4.39 Å². The standard InChI is InChI=1S/C15H22BrFN4/c1-20(2)15(7-4-8-15)9-21(3)11-6-5-10(14(18)19)12(16)13(11)17/h5-6H,4,7-9H2,1-3H3,(H3,18,19). The maximum absolute atomic E-state index is 14.5. The van der Waals surface area contributed by atoms with Crippen molar-refractivity contribution in [3.05, 3.63) is 28.0 Å². The third-order valence-corrected chi connectivity index (χ3v) is 5.30. The second kappa shape index (κ2) is 5.93. The summed E-state index contributed by atoms with van der Waals surface area (Å²) < 4.78 is 14.8. The first kappa shape index (κ1) is 16.2. The lowest BCUT2D eigenvalue weighted by molar-refractivity contribution is 0.0682. The molecule has 1 saturated carbocycles. The molecule has 2 rings (SSSR count). The van der Waals surface area contributed by atoms with Gasteiger partial charge in [-0.15, -0.1) is 0 Å². The monoisotopic (exact) mass is 356 g/mol. The number of amidine groups is 1. The number of rotatable bonds is 5. The molecule has 1 fully saturated rings. The van der Waals surface area contributed by atoms with Gasteiger partial charge in [-0.2, -0.15) is 0 Å². The second-order valence-electron chi connectivity index (χ2n) is 6.00. The van der Waals surface area contributed by atoms with Crippen LogP contribution < -0.4 is 10.6 Å². The highest BCUT2D eigenvalue weighted by Gasteiger charge is 2.40. The summed E-state index contributed by atoms with van der Waals surface area (Å²) in [4.78, 5) is 4.19. The highest BCUT2D eigenvalue weighted by Crippen LogP contribution is 2.38. The molecule has 0 aromatic heterocycles. The Morgan fingerprint density at radius 2 is 2.00 bits per heavy atom. The SMILES string of the molecule is CN(CC1(N(C)C)CCC1)c1ccc(C(=N)N)c(Br)c1F. The van der Waals surface area contributed by atoms with Gasteiger partial charge < -0.3 is 15.5 Å². The van der Waals surface area contributed by atoms with Crippen molar-refractivity contribution in [3.8, 4) is 0 Å². The largest absolute Gasteiger partial charge is 0.384 e. The molecule has 21 heavy (non-hydrogen) atoms. The van der Waals surface area contributed by atoms with Gasteiger partial charge in [0.05, 0.1) is 10.2 Å². The summed E-state index contributed by atoms with van der Waals surface area (Å²) in [6.45, 7) is 0.781. The van der Waals surface area contributed by atoms with Crippen molar-refractivity contribution in [1.29, 1.82) is 5.41 Å². The van der Waals surface area contributed by atoms with E-state index in [0.717, 1.165) is 19.4 Å². The Hall–Kier alpha value is -1.14. The molecule has 0 saturated heterocycles. The zero-order valence-electron chi connectivity index (χ0n) is 12.7. The highest BCUT2D eigenvalue weighted by atomic mass is 79.9. The van der Waals surface area contributed by atoms with E-state index in [9.17, 15) is 4.39 Å². The lowest BCUT2D eigenvalue weighted by Gasteiger charge is -2.49. The van der Waals surface area contributed by atoms with Crippen molar-refractivity contribution in [2.45, 2.75) is 24.8 Å². The molecule has 0 unspecified atom stereocenters. The van der Waals surface area contributed by atoms with Crippen LogP contribution in [0.5, 0.6) is 0 Å². The molecule has 1 aliphatic carbocycles. The van der Waals surface area contributed by atoms with Gasteiger partial charge in [0.15, 0.2) is 5.82 Å². The first-order valence-electron chi connectivity index (χ1n) is 6.99. The van der Waals surface area contributed by atoms with Crippen molar-refractivity contribution in [2.24, 2.45) is 5.73 Å². The number of hydrogen-bond acceptors (Lipinski definition) is 3. The van der Waals surface area contributed by atoms with Crippen LogP contribution >= 0.6 is 15.9 Å². The Balaban J connectivity index is 2.26. The predicted octanol–water partition coefficient (Wildman–Crippen LogP) is 2.79. The molecule has 6 heteroatoms. The minimum atomic E-state index is -0.363. The second-order valence-corrected chi connectivity index (χ2v) is 6.80. The third kappa shape index (κ3) is 2.92. The maximum Gasteiger partial charge on any atom is 0.161 e. The fourth-order valence-corrected chi connectivity index (χ4v) is 3.45. The molecule has 1 aromatic rings. The summed E-state index contributed by atoms with van der Waals surface area (Å²) >= 11 is 3.21. The summed E-state index contributed by atoms with van der Waals surface area (Å²) in [6, 6.07) is 3.38. The van der Waals surface area contributed by atoms with Crippen molar-refractivity contribution in [2.75, 3.05) is 32.6 Å². The summed E-state index contributed by atoms with van der Waals surface area (Å²) in [5.74, 6) is -0.503. The van der Waals surface area contributed by atoms with Gasteiger partial charge in [-0.1, -0.05) is 0 Å². The molecular weight excluding hydrogens is 335 g/mol. The summed E-state index contributed by atoms with van der Waals surface area (Å²) in [7, 11) is 6.07. The molecule has 1 aliphatic rings. The topological polar surface area (TPSA) is 56.4 Å². The van der Waals surface area contributed by atoms with Gasteiger partial charge in [0.25, 0.3) is 0 Å². The average Bonchev–Trinajstić information content (AvgIpc) is 2.35. The Bertz CT molecular complexity index is 555.